The number of nitro groups is 1. The van der Waals surface area contributed by atoms with Gasteiger partial charge in [-0.15, -0.1) is 0 Å². The summed E-state index contributed by atoms with van der Waals surface area (Å²) in [5, 5.41) is 11.8. The molecule has 7 heteroatoms. The van der Waals surface area contributed by atoms with Crippen molar-refractivity contribution in [3.8, 4) is 11.5 Å². The van der Waals surface area contributed by atoms with Gasteiger partial charge in [-0.1, -0.05) is 46.5 Å². The Hall–Kier alpha value is -2.57. The fourth-order valence-corrected chi connectivity index (χ4v) is 3.36. The molecule has 0 radical (unpaired) electrons. The Morgan fingerprint density at radius 2 is 1.86 bits per heavy atom. The first-order chi connectivity index (χ1) is 13.9. The van der Waals surface area contributed by atoms with Crippen LogP contribution >= 0.6 is 0 Å². The predicted octanol–water partition coefficient (Wildman–Crippen LogP) is 5.22. The number of hydrogen-bond donors (Lipinski definition) is 0. The maximum absolute atomic E-state index is 13.0. The summed E-state index contributed by atoms with van der Waals surface area (Å²) < 4.78 is 13.3. The fourth-order valence-electron chi connectivity index (χ4n) is 3.36. The molecule has 2 rings (SSSR count). The Morgan fingerprint density at radius 3 is 2.52 bits per heavy atom. The second kappa shape index (κ2) is 10.8. The Morgan fingerprint density at radius 1 is 1.10 bits per heavy atom. The second-order valence-electron chi connectivity index (χ2n) is 7.59. The van der Waals surface area contributed by atoms with Crippen molar-refractivity contribution in [1.82, 2.24) is 4.57 Å². The Labute approximate surface area is 171 Å². The second-order valence-corrected chi connectivity index (χ2v) is 7.59. The van der Waals surface area contributed by atoms with Gasteiger partial charge in [0.05, 0.1) is 23.7 Å². The number of pyridine rings is 1. The van der Waals surface area contributed by atoms with Crippen LogP contribution in [0.3, 0.4) is 0 Å². The number of aryl methyl sites for hydroxylation is 1. The average Bonchev–Trinajstić information content (AvgIpc) is 2.70. The highest BCUT2D eigenvalue weighted by molar-refractivity contribution is 5.89. The van der Waals surface area contributed by atoms with Gasteiger partial charge in [0.1, 0.15) is 0 Å². The van der Waals surface area contributed by atoms with Crippen LogP contribution in [0.4, 0.5) is 5.69 Å². The van der Waals surface area contributed by atoms with Crippen LogP contribution in [0.2, 0.25) is 0 Å². The van der Waals surface area contributed by atoms with Crippen LogP contribution in [0.1, 0.15) is 59.3 Å². The standard InChI is InChI=1S/C22H32N2O5/c1-5-7-8-9-13-28-20-18-12-11-17(24(26)27)14-19(18)23(4)22(25)21(20)29-15-16(3)10-6-2/h11-12,14,16H,5-10,13,15H2,1-4H3. The molecule has 0 bridgehead atoms. The first-order valence-electron chi connectivity index (χ1n) is 10.5. The van der Waals surface area contributed by atoms with Crippen molar-refractivity contribution >= 4 is 16.6 Å². The van der Waals surface area contributed by atoms with Crippen LogP contribution in [0, 0.1) is 16.0 Å². The quantitative estimate of drug-likeness (QED) is 0.275. The summed E-state index contributed by atoms with van der Waals surface area (Å²) in [5.74, 6) is 0.889. The SMILES string of the molecule is CCCCCCOc1c(OCC(C)CCC)c(=O)n(C)c2cc([N+](=O)[O-])ccc12. The number of unbranched alkanes of at least 4 members (excludes halogenated alkanes) is 3. The van der Waals surface area contributed by atoms with E-state index < -0.39 is 4.92 Å². The van der Waals surface area contributed by atoms with E-state index in [4.69, 9.17) is 9.47 Å². The first kappa shape index (κ1) is 22.7. The van der Waals surface area contributed by atoms with Crippen LogP contribution in [0.15, 0.2) is 23.0 Å². The van der Waals surface area contributed by atoms with E-state index in [1.807, 2.05) is 0 Å². The summed E-state index contributed by atoms with van der Waals surface area (Å²) in [4.78, 5) is 23.7. The molecule has 0 aliphatic rings. The van der Waals surface area contributed by atoms with E-state index >= 15 is 0 Å². The van der Waals surface area contributed by atoms with E-state index in [0.717, 1.165) is 38.5 Å². The van der Waals surface area contributed by atoms with E-state index in [-0.39, 0.29) is 17.0 Å². The van der Waals surface area contributed by atoms with E-state index in [1.165, 1.54) is 16.7 Å². The molecule has 0 N–H and O–H groups in total. The molecule has 0 spiro atoms. The molecule has 0 saturated heterocycles. The summed E-state index contributed by atoms with van der Waals surface area (Å²) in [6.07, 6.45) is 6.24. The van der Waals surface area contributed by atoms with Gasteiger partial charge in [-0.3, -0.25) is 14.9 Å². The zero-order chi connectivity index (χ0) is 21.4. The highest BCUT2D eigenvalue weighted by atomic mass is 16.6. The lowest BCUT2D eigenvalue weighted by Crippen LogP contribution is -2.23. The molecule has 2 aromatic rings. The van der Waals surface area contributed by atoms with Crippen molar-refractivity contribution in [2.24, 2.45) is 13.0 Å². The van der Waals surface area contributed by atoms with Gasteiger partial charge in [-0.2, -0.15) is 0 Å². The molecule has 1 aromatic carbocycles. The van der Waals surface area contributed by atoms with Crippen molar-refractivity contribution in [2.45, 2.75) is 59.3 Å². The highest BCUT2D eigenvalue weighted by Crippen LogP contribution is 2.35. The molecule has 1 heterocycles. The summed E-state index contributed by atoms with van der Waals surface area (Å²) in [7, 11) is 1.60. The minimum Gasteiger partial charge on any atom is -0.489 e. The van der Waals surface area contributed by atoms with Crippen LogP contribution in [-0.4, -0.2) is 22.7 Å². The lowest BCUT2D eigenvalue weighted by molar-refractivity contribution is -0.384. The Bertz CT molecular complexity index is 891. The maximum Gasteiger partial charge on any atom is 0.297 e. The van der Waals surface area contributed by atoms with Gasteiger partial charge in [0, 0.05) is 24.6 Å². The zero-order valence-electron chi connectivity index (χ0n) is 17.9. The molecule has 160 valence electrons. The molecule has 1 unspecified atom stereocenters. The molecule has 0 saturated carbocycles. The van der Waals surface area contributed by atoms with E-state index in [0.29, 0.717) is 35.8 Å². The lowest BCUT2D eigenvalue weighted by Gasteiger charge is -2.18. The fraction of sp³-hybridized carbons (Fsp3) is 0.591. The number of hydrogen-bond acceptors (Lipinski definition) is 5. The number of non-ortho nitro benzene ring substituents is 1. The zero-order valence-corrected chi connectivity index (χ0v) is 17.9. The smallest absolute Gasteiger partial charge is 0.297 e. The number of nitrogens with zero attached hydrogens (tertiary/aromatic N) is 2. The Balaban J connectivity index is 2.45. The average molecular weight is 405 g/mol. The number of fused-ring (bicyclic) bond motifs is 1. The molecule has 0 fully saturated rings. The predicted molar refractivity (Wildman–Crippen MR) is 115 cm³/mol. The van der Waals surface area contributed by atoms with Gasteiger partial charge in [0.25, 0.3) is 11.2 Å². The van der Waals surface area contributed by atoms with Gasteiger partial charge >= 0.3 is 0 Å². The Kier molecular flexibility index (Phi) is 8.49. The third-order valence-corrected chi connectivity index (χ3v) is 5.04. The van der Waals surface area contributed by atoms with E-state index in [9.17, 15) is 14.9 Å². The number of ether oxygens (including phenoxy) is 2. The van der Waals surface area contributed by atoms with Crippen molar-refractivity contribution < 1.29 is 14.4 Å². The minimum absolute atomic E-state index is 0.0633. The molecular formula is C22H32N2O5. The molecular weight excluding hydrogens is 372 g/mol. The van der Waals surface area contributed by atoms with Crippen molar-refractivity contribution in [3.05, 3.63) is 38.7 Å². The molecule has 7 nitrogen and oxygen atoms in total. The summed E-state index contributed by atoms with van der Waals surface area (Å²) in [6, 6.07) is 4.47. The van der Waals surface area contributed by atoms with Crippen molar-refractivity contribution in [1.29, 1.82) is 0 Å². The van der Waals surface area contributed by atoms with Crippen LogP contribution in [0.5, 0.6) is 11.5 Å². The van der Waals surface area contributed by atoms with Crippen molar-refractivity contribution in [3.63, 3.8) is 0 Å². The normalized spacial score (nSPS) is 12.1. The topological polar surface area (TPSA) is 83.6 Å². The van der Waals surface area contributed by atoms with Crippen LogP contribution < -0.4 is 15.0 Å². The molecule has 0 aliphatic carbocycles. The molecule has 29 heavy (non-hydrogen) atoms. The number of aromatic nitrogens is 1. The van der Waals surface area contributed by atoms with Crippen LogP contribution in [0.25, 0.3) is 10.9 Å². The van der Waals surface area contributed by atoms with Gasteiger partial charge in [-0.25, -0.2) is 0 Å². The number of rotatable bonds is 12. The lowest BCUT2D eigenvalue weighted by atomic mass is 10.1. The molecule has 0 amide bonds. The summed E-state index contributed by atoms with van der Waals surface area (Å²) in [5.41, 5.74) is 0.0543. The molecule has 1 aromatic heterocycles. The molecule has 0 aliphatic heterocycles. The number of nitro benzene ring substituents is 1. The van der Waals surface area contributed by atoms with Gasteiger partial charge in [-0.05, 0) is 24.8 Å². The van der Waals surface area contributed by atoms with Gasteiger partial charge in [0.15, 0.2) is 5.75 Å². The first-order valence-corrected chi connectivity index (χ1v) is 10.5. The summed E-state index contributed by atoms with van der Waals surface area (Å²) >= 11 is 0. The number of benzene rings is 1. The van der Waals surface area contributed by atoms with Crippen LogP contribution in [-0.2, 0) is 7.05 Å². The summed E-state index contributed by atoms with van der Waals surface area (Å²) in [6.45, 7) is 7.24. The van der Waals surface area contributed by atoms with E-state index in [2.05, 4.69) is 20.8 Å². The van der Waals surface area contributed by atoms with Gasteiger partial charge in [0.2, 0.25) is 5.75 Å². The molecule has 1 atom stereocenters. The highest BCUT2D eigenvalue weighted by Gasteiger charge is 2.21. The third-order valence-electron chi connectivity index (χ3n) is 5.04. The minimum atomic E-state index is -0.466. The maximum atomic E-state index is 13.0. The van der Waals surface area contributed by atoms with Gasteiger partial charge < -0.3 is 14.0 Å². The largest absolute Gasteiger partial charge is 0.489 e. The third kappa shape index (κ3) is 5.71. The monoisotopic (exact) mass is 404 g/mol. The van der Waals surface area contributed by atoms with E-state index in [1.54, 1.807) is 13.1 Å². The van der Waals surface area contributed by atoms with Crippen molar-refractivity contribution in [2.75, 3.05) is 13.2 Å².